The maximum atomic E-state index is 11.3. The predicted octanol–water partition coefficient (Wildman–Crippen LogP) is 2.61. The van der Waals surface area contributed by atoms with Crippen molar-refractivity contribution in [3.63, 3.8) is 0 Å². The Balaban J connectivity index is 2.95. The van der Waals surface area contributed by atoms with Crippen LogP contribution in [0.3, 0.4) is 0 Å². The van der Waals surface area contributed by atoms with Crippen LogP contribution in [0, 0.1) is 0 Å². The normalized spacial score (nSPS) is 14.0. The largest absolute Gasteiger partial charge is 0.343 e. The maximum Gasteiger partial charge on any atom is 0.244 e. The Morgan fingerprint density at radius 1 is 1.47 bits per heavy atom. The van der Waals surface area contributed by atoms with E-state index in [0.717, 1.165) is 12.0 Å². The van der Waals surface area contributed by atoms with Gasteiger partial charge in [0, 0.05) is 0 Å². The van der Waals surface area contributed by atoms with Crippen molar-refractivity contribution in [3.8, 4) is 0 Å². The van der Waals surface area contributed by atoms with Crippen LogP contribution in [0.2, 0.25) is 0 Å². The second-order valence-electron chi connectivity index (χ2n) is 3.75. The number of rotatable bonds is 4. The Morgan fingerprint density at radius 2 is 2.07 bits per heavy atom. The van der Waals surface area contributed by atoms with E-state index in [4.69, 9.17) is 0 Å². The van der Waals surface area contributed by atoms with Crippen LogP contribution in [0.25, 0.3) is 0 Å². The highest BCUT2D eigenvalue weighted by molar-refractivity contribution is 5.87. The van der Waals surface area contributed by atoms with Crippen LogP contribution in [0.5, 0.6) is 0 Å². The van der Waals surface area contributed by atoms with Gasteiger partial charge in [0.25, 0.3) is 0 Å². The van der Waals surface area contributed by atoms with Crippen molar-refractivity contribution in [1.82, 2.24) is 5.32 Å². The first-order chi connectivity index (χ1) is 7.12. The number of amides is 1. The highest BCUT2D eigenvalue weighted by Crippen LogP contribution is 2.23. The molecule has 2 heteroatoms. The first kappa shape index (κ1) is 11.5. The smallest absolute Gasteiger partial charge is 0.244 e. The number of carbonyl (C=O) groups is 1. The van der Waals surface area contributed by atoms with Gasteiger partial charge in [0.05, 0.1) is 5.54 Å². The van der Waals surface area contributed by atoms with Gasteiger partial charge < -0.3 is 5.32 Å². The van der Waals surface area contributed by atoms with Gasteiger partial charge in [0.1, 0.15) is 0 Å². The molecule has 0 aromatic heterocycles. The van der Waals surface area contributed by atoms with Gasteiger partial charge in [-0.05, 0) is 25.0 Å². The number of nitrogens with one attached hydrogen (secondary N) is 1. The van der Waals surface area contributed by atoms with Gasteiger partial charge in [-0.2, -0.15) is 0 Å². The van der Waals surface area contributed by atoms with Gasteiger partial charge in [-0.1, -0.05) is 43.8 Å². The SMILES string of the molecule is C=CC(=O)NC(C)(CC)c1ccccc1. The molecule has 0 saturated carbocycles. The quantitative estimate of drug-likeness (QED) is 0.749. The molecule has 15 heavy (non-hydrogen) atoms. The summed E-state index contributed by atoms with van der Waals surface area (Å²) < 4.78 is 0. The minimum absolute atomic E-state index is 0.136. The molecule has 2 nitrogen and oxygen atoms in total. The second kappa shape index (κ2) is 4.78. The van der Waals surface area contributed by atoms with Crippen LogP contribution in [0.1, 0.15) is 25.8 Å². The van der Waals surface area contributed by atoms with Crippen molar-refractivity contribution in [2.75, 3.05) is 0 Å². The molecule has 80 valence electrons. The monoisotopic (exact) mass is 203 g/mol. The molecule has 0 radical (unpaired) electrons. The van der Waals surface area contributed by atoms with Crippen LogP contribution >= 0.6 is 0 Å². The average molecular weight is 203 g/mol. The van der Waals surface area contributed by atoms with E-state index in [1.807, 2.05) is 37.3 Å². The third kappa shape index (κ3) is 2.69. The molecule has 0 saturated heterocycles. The summed E-state index contributed by atoms with van der Waals surface area (Å²) in [4.78, 5) is 11.3. The Bertz CT molecular complexity index is 345. The number of carbonyl (C=O) groups excluding carboxylic acids is 1. The lowest BCUT2D eigenvalue weighted by Crippen LogP contribution is -2.42. The zero-order valence-electron chi connectivity index (χ0n) is 9.29. The Kier molecular flexibility index (Phi) is 3.67. The highest BCUT2D eigenvalue weighted by atomic mass is 16.1. The zero-order valence-corrected chi connectivity index (χ0v) is 9.29. The van der Waals surface area contributed by atoms with E-state index in [-0.39, 0.29) is 11.4 Å². The van der Waals surface area contributed by atoms with Gasteiger partial charge in [0.2, 0.25) is 5.91 Å². The van der Waals surface area contributed by atoms with E-state index in [0.29, 0.717) is 0 Å². The van der Waals surface area contributed by atoms with E-state index in [1.165, 1.54) is 6.08 Å². The Labute approximate surface area is 91.0 Å². The molecule has 0 aliphatic heterocycles. The Morgan fingerprint density at radius 3 is 2.53 bits per heavy atom. The fourth-order valence-corrected chi connectivity index (χ4v) is 1.49. The van der Waals surface area contributed by atoms with Crippen LogP contribution in [0.15, 0.2) is 43.0 Å². The van der Waals surface area contributed by atoms with Crippen molar-refractivity contribution < 1.29 is 4.79 Å². The molecule has 0 aliphatic rings. The van der Waals surface area contributed by atoms with Gasteiger partial charge >= 0.3 is 0 Å². The van der Waals surface area contributed by atoms with Gasteiger partial charge in [-0.3, -0.25) is 4.79 Å². The van der Waals surface area contributed by atoms with Crippen LogP contribution in [0.4, 0.5) is 0 Å². The van der Waals surface area contributed by atoms with E-state index in [9.17, 15) is 4.79 Å². The summed E-state index contributed by atoms with van der Waals surface area (Å²) in [6.07, 6.45) is 2.15. The lowest BCUT2D eigenvalue weighted by Gasteiger charge is -2.29. The van der Waals surface area contributed by atoms with Crippen LogP contribution < -0.4 is 5.32 Å². The molecule has 1 amide bonds. The molecule has 1 N–H and O–H groups in total. The third-order valence-electron chi connectivity index (χ3n) is 2.70. The summed E-state index contributed by atoms with van der Waals surface area (Å²) in [6, 6.07) is 9.96. The van der Waals surface area contributed by atoms with Crippen molar-refractivity contribution in [2.45, 2.75) is 25.8 Å². The first-order valence-electron chi connectivity index (χ1n) is 5.12. The summed E-state index contributed by atoms with van der Waals surface area (Å²) in [7, 11) is 0. The summed E-state index contributed by atoms with van der Waals surface area (Å²) >= 11 is 0. The fourth-order valence-electron chi connectivity index (χ4n) is 1.49. The van der Waals surface area contributed by atoms with Crippen LogP contribution in [-0.4, -0.2) is 5.91 Å². The van der Waals surface area contributed by atoms with E-state index in [2.05, 4.69) is 18.8 Å². The highest BCUT2D eigenvalue weighted by Gasteiger charge is 2.25. The van der Waals surface area contributed by atoms with Crippen molar-refractivity contribution >= 4 is 5.91 Å². The maximum absolute atomic E-state index is 11.3. The average Bonchev–Trinajstić information content (AvgIpc) is 2.30. The summed E-state index contributed by atoms with van der Waals surface area (Å²) in [5.41, 5.74) is 0.801. The number of benzene rings is 1. The van der Waals surface area contributed by atoms with E-state index < -0.39 is 0 Å². The first-order valence-corrected chi connectivity index (χ1v) is 5.12. The summed E-state index contributed by atoms with van der Waals surface area (Å²) in [5, 5.41) is 2.95. The topological polar surface area (TPSA) is 29.1 Å². The number of hydrogen-bond acceptors (Lipinski definition) is 1. The minimum atomic E-state index is -0.313. The molecule has 1 aromatic carbocycles. The molecule has 0 fully saturated rings. The molecule has 0 aliphatic carbocycles. The molecule has 0 bridgehead atoms. The Hall–Kier alpha value is -1.57. The molecular weight excluding hydrogens is 186 g/mol. The molecule has 1 rings (SSSR count). The molecule has 0 spiro atoms. The lowest BCUT2D eigenvalue weighted by atomic mass is 9.89. The number of hydrogen-bond donors (Lipinski definition) is 1. The predicted molar refractivity (Wildman–Crippen MR) is 62.4 cm³/mol. The van der Waals surface area contributed by atoms with Gasteiger partial charge in [-0.15, -0.1) is 0 Å². The molecule has 1 unspecified atom stereocenters. The van der Waals surface area contributed by atoms with Gasteiger partial charge in [-0.25, -0.2) is 0 Å². The summed E-state index contributed by atoms with van der Waals surface area (Å²) in [6.45, 7) is 7.53. The standard InChI is InChI=1S/C13H17NO/c1-4-12(15)14-13(3,5-2)11-9-7-6-8-10-11/h4,6-10H,1,5H2,2-3H3,(H,14,15). The molecule has 0 heterocycles. The lowest BCUT2D eigenvalue weighted by molar-refractivity contribution is -0.118. The van der Waals surface area contributed by atoms with Gasteiger partial charge in [0.15, 0.2) is 0 Å². The summed E-state index contributed by atoms with van der Waals surface area (Å²) in [5.74, 6) is -0.136. The second-order valence-corrected chi connectivity index (χ2v) is 3.75. The third-order valence-corrected chi connectivity index (χ3v) is 2.70. The fraction of sp³-hybridized carbons (Fsp3) is 0.308. The molecule has 1 atom stereocenters. The van der Waals surface area contributed by atoms with E-state index >= 15 is 0 Å². The minimum Gasteiger partial charge on any atom is -0.343 e. The van der Waals surface area contributed by atoms with Crippen LogP contribution in [-0.2, 0) is 10.3 Å². The zero-order chi connectivity index (χ0) is 11.3. The molecule has 1 aromatic rings. The van der Waals surface area contributed by atoms with Crippen molar-refractivity contribution in [3.05, 3.63) is 48.6 Å². The van der Waals surface area contributed by atoms with E-state index in [1.54, 1.807) is 0 Å². The van der Waals surface area contributed by atoms with Crippen molar-refractivity contribution in [1.29, 1.82) is 0 Å². The van der Waals surface area contributed by atoms with Crippen molar-refractivity contribution in [2.24, 2.45) is 0 Å². The molecular formula is C13H17NO.